The van der Waals surface area contributed by atoms with E-state index >= 15 is 0 Å². The van der Waals surface area contributed by atoms with Crippen LogP contribution >= 0.6 is 0 Å². The summed E-state index contributed by atoms with van der Waals surface area (Å²) in [5, 5.41) is 18.1. The van der Waals surface area contributed by atoms with Crippen LogP contribution < -0.4 is 0 Å². The average Bonchev–Trinajstić information content (AvgIpc) is 2.00. The Morgan fingerprint density at radius 2 is 1.86 bits per heavy atom. The van der Waals surface area contributed by atoms with Gasteiger partial charge in [-0.3, -0.25) is 9.69 Å². The highest BCUT2D eigenvalue weighted by Crippen LogP contribution is 2.26. The molecule has 0 aromatic carbocycles. The lowest BCUT2D eigenvalue weighted by Gasteiger charge is -2.45. The molecule has 3 unspecified atom stereocenters. The second kappa shape index (κ2) is 4.28. The molecule has 0 aromatic heterocycles. The van der Waals surface area contributed by atoms with Crippen molar-refractivity contribution in [3.8, 4) is 0 Å². The summed E-state index contributed by atoms with van der Waals surface area (Å²) in [5.74, 6) is -0.750. The van der Waals surface area contributed by atoms with Gasteiger partial charge in [-0.15, -0.1) is 0 Å². The third kappa shape index (κ3) is 2.25. The van der Waals surface area contributed by atoms with Gasteiger partial charge in [0.1, 0.15) is 0 Å². The van der Waals surface area contributed by atoms with Gasteiger partial charge in [-0.1, -0.05) is 6.92 Å². The second-order valence-electron chi connectivity index (χ2n) is 4.32. The Morgan fingerprint density at radius 3 is 2.21 bits per heavy atom. The SMILES string of the molecule is CC(O)C(C)N1CC(C(C)C(=O)O)C1. The maximum atomic E-state index is 10.7. The average molecular weight is 201 g/mol. The van der Waals surface area contributed by atoms with Crippen LogP contribution in [-0.2, 0) is 4.79 Å². The Bertz CT molecular complexity index is 211. The number of hydrogen-bond donors (Lipinski definition) is 2. The number of aliphatic hydroxyl groups is 1. The van der Waals surface area contributed by atoms with E-state index in [-0.39, 0.29) is 24.0 Å². The first-order valence-corrected chi connectivity index (χ1v) is 5.08. The van der Waals surface area contributed by atoms with Gasteiger partial charge in [0.2, 0.25) is 0 Å². The smallest absolute Gasteiger partial charge is 0.306 e. The molecule has 3 atom stereocenters. The zero-order valence-corrected chi connectivity index (χ0v) is 8.97. The maximum Gasteiger partial charge on any atom is 0.306 e. The first kappa shape index (κ1) is 11.5. The summed E-state index contributed by atoms with van der Waals surface area (Å²) in [6, 6.07) is 0.132. The number of hydrogen-bond acceptors (Lipinski definition) is 3. The van der Waals surface area contributed by atoms with Gasteiger partial charge >= 0.3 is 5.97 Å². The van der Waals surface area contributed by atoms with E-state index in [1.165, 1.54) is 0 Å². The van der Waals surface area contributed by atoms with E-state index < -0.39 is 5.97 Å². The normalized spacial score (nSPS) is 25.1. The van der Waals surface area contributed by atoms with Crippen molar-refractivity contribution in [1.82, 2.24) is 4.90 Å². The number of aliphatic carboxylic acids is 1. The number of rotatable bonds is 4. The Morgan fingerprint density at radius 1 is 1.36 bits per heavy atom. The van der Waals surface area contributed by atoms with Crippen molar-refractivity contribution in [3.05, 3.63) is 0 Å². The van der Waals surface area contributed by atoms with Crippen LogP contribution in [0.2, 0.25) is 0 Å². The fraction of sp³-hybridized carbons (Fsp3) is 0.900. The van der Waals surface area contributed by atoms with Crippen LogP contribution in [0.4, 0.5) is 0 Å². The van der Waals surface area contributed by atoms with Crippen molar-refractivity contribution in [2.45, 2.75) is 32.9 Å². The number of nitrogens with zero attached hydrogens (tertiary/aromatic N) is 1. The monoisotopic (exact) mass is 201 g/mol. The molecule has 2 N–H and O–H groups in total. The fourth-order valence-electron chi connectivity index (χ4n) is 1.70. The van der Waals surface area contributed by atoms with Crippen LogP contribution in [0.1, 0.15) is 20.8 Å². The third-order valence-corrected chi connectivity index (χ3v) is 3.31. The molecular weight excluding hydrogens is 182 g/mol. The predicted octanol–water partition coefficient (Wildman–Crippen LogP) is 0.408. The molecule has 0 spiro atoms. The van der Waals surface area contributed by atoms with Gasteiger partial charge in [0.05, 0.1) is 12.0 Å². The van der Waals surface area contributed by atoms with Gasteiger partial charge in [-0.2, -0.15) is 0 Å². The molecule has 4 nitrogen and oxygen atoms in total. The molecule has 0 radical (unpaired) electrons. The summed E-state index contributed by atoms with van der Waals surface area (Å²) >= 11 is 0. The van der Waals surface area contributed by atoms with Gasteiger partial charge in [-0.05, 0) is 19.8 Å². The zero-order chi connectivity index (χ0) is 10.9. The number of carboxylic acid groups (broad SMARTS) is 1. The molecule has 14 heavy (non-hydrogen) atoms. The van der Waals surface area contributed by atoms with E-state index in [1.54, 1.807) is 13.8 Å². The summed E-state index contributed by atoms with van der Waals surface area (Å²) < 4.78 is 0. The van der Waals surface area contributed by atoms with Crippen LogP contribution in [0.3, 0.4) is 0 Å². The second-order valence-corrected chi connectivity index (χ2v) is 4.32. The molecule has 1 saturated heterocycles. The highest BCUT2D eigenvalue weighted by atomic mass is 16.4. The van der Waals surface area contributed by atoms with E-state index in [1.807, 2.05) is 6.92 Å². The predicted molar refractivity (Wildman–Crippen MR) is 53.0 cm³/mol. The van der Waals surface area contributed by atoms with Crippen molar-refractivity contribution >= 4 is 5.97 Å². The fourth-order valence-corrected chi connectivity index (χ4v) is 1.70. The summed E-state index contributed by atoms with van der Waals surface area (Å²) in [4.78, 5) is 12.8. The Hall–Kier alpha value is -0.610. The molecule has 0 bridgehead atoms. The van der Waals surface area contributed by atoms with Gasteiger partial charge < -0.3 is 10.2 Å². The molecule has 4 heteroatoms. The third-order valence-electron chi connectivity index (χ3n) is 3.31. The van der Waals surface area contributed by atoms with E-state index in [9.17, 15) is 9.90 Å². The van der Waals surface area contributed by atoms with Crippen LogP contribution in [-0.4, -0.2) is 46.3 Å². The van der Waals surface area contributed by atoms with Gasteiger partial charge in [0.15, 0.2) is 0 Å². The molecule has 0 aromatic rings. The summed E-state index contributed by atoms with van der Waals surface area (Å²) in [6.07, 6.45) is -0.351. The largest absolute Gasteiger partial charge is 0.481 e. The van der Waals surface area contributed by atoms with E-state index in [2.05, 4.69) is 4.90 Å². The number of carboxylic acids is 1. The summed E-state index contributed by atoms with van der Waals surface area (Å²) in [7, 11) is 0. The molecule has 0 aliphatic carbocycles. The maximum absolute atomic E-state index is 10.7. The van der Waals surface area contributed by atoms with E-state index in [0.29, 0.717) is 0 Å². The van der Waals surface area contributed by atoms with E-state index in [4.69, 9.17) is 5.11 Å². The first-order valence-electron chi connectivity index (χ1n) is 5.08. The number of aliphatic hydroxyl groups excluding tert-OH is 1. The molecule has 1 fully saturated rings. The van der Waals surface area contributed by atoms with Crippen LogP contribution in [0, 0.1) is 11.8 Å². The lowest BCUT2D eigenvalue weighted by molar-refractivity contribution is -0.146. The van der Waals surface area contributed by atoms with Crippen molar-refractivity contribution in [1.29, 1.82) is 0 Å². The molecule has 82 valence electrons. The molecule has 1 aliphatic rings. The Kier molecular flexibility index (Phi) is 3.50. The molecule has 1 heterocycles. The van der Waals surface area contributed by atoms with Crippen LogP contribution in [0.25, 0.3) is 0 Å². The summed E-state index contributed by atoms with van der Waals surface area (Å²) in [5.41, 5.74) is 0. The minimum Gasteiger partial charge on any atom is -0.481 e. The lowest BCUT2D eigenvalue weighted by Crippen LogP contribution is -2.56. The number of likely N-dealkylation sites (tertiary alicyclic amines) is 1. The zero-order valence-electron chi connectivity index (χ0n) is 8.97. The van der Waals surface area contributed by atoms with Gasteiger partial charge in [-0.25, -0.2) is 0 Å². The minimum absolute atomic E-state index is 0.132. The molecule has 0 amide bonds. The molecule has 0 saturated carbocycles. The van der Waals surface area contributed by atoms with Crippen molar-refractivity contribution in [2.24, 2.45) is 11.8 Å². The van der Waals surface area contributed by atoms with Crippen LogP contribution in [0.5, 0.6) is 0 Å². The highest BCUT2D eigenvalue weighted by Gasteiger charge is 2.37. The van der Waals surface area contributed by atoms with Crippen molar-refractivity contribution in [2.75, 3.05) is 13.1 Å². The van der Waals surface area contributed by atoms with Crippen molar-refractivity contribution in [3.63, 3.8) is 0 Å². The lowest BCUT2D eigenvalue weighted by atomic mass is 9.85. The Balaban J connectivity index is 2.33. The molecular formula is C10H19NO3. The molecule has 1 aliphatic heterocycles. The number of carbonyl (C=O) groups is 1. The quantitative estimate of drug-likeness (QED) is 0.691. The molecule has 1 rings (SSSR count). The van der Waals surface area contributed by atoms with Crippen molar-refractivity contribution < 1.29 is 15.0 Å². The standard InChI is InChI=1S/C10H19NO3/c1-6(10(13)14)9-4-11(5-9)7(2)8(3)12/h6-9,12H,4-5H2,1-3H3,(H,13,14). The van der Waals surface area contributed by atoms with Gasteiger partial charge in [0.25, 0.3) is 0 Å². The van der Waals surface area contributed by atoms with Gasteiger partial charge in [0, 0.05) is 19.1 Å². The Labute approximate surface area is 84.5 Å². The topological polar surface area (TPSA) is 60.8 Å². The minimum atomic E-state index is -0.723. The summed E-state index contributed by atoms with van der Waals surface area (Å²) in [6.45, 7) is 7.06. The van der Waals surface area contributed by atoms with Crippen LogP contribution in [0.15, 0.2) is 0 Å². The van der Waals surface area contributed by atoms with E-state index in [0.717, 1.165) is 13.1 Å². The highest BCUT2D eigenvalue weighted by molar-refractivity contribution is 5.70. The first-order chi connectivity index (χ1) is 6.43.